The molecule has 30 heavy (non-hydrogen) atoms. The fourth-order valence-electron chi connectivity index (χ4n) is 3.64. The summed E-state index contributed by atoms with van der Waals surface area (Å²) in [7, 11) is 0. The zero-order valence-corrected chi connectivity index (χ0v) is 19.5. The number of hydrogen-bond acceptors (Lipinski definition) is 4. The minimum atomic E-state index is 0.370. The van der Waals surface area contributed by atoms with Gasteiger partial charge >= 0.3 is 0 Å². The molecular formula is C26H38O4. The molecule has 0 aliphatic heterocycles. The molecule has 0 aliphatic rings. The van der Waals surface area contributed by atoms with Gasteiger partial charge in [-0.3, -0.25) is 0 Å². The molecule has 0 saturated carbocycles. The lowest BCUT2D eigenvalue weighted by atomic mass is 10.0. The number of rotatable bonds is 11. The number of aryl methyl sites for hydroxylation is 2. The minimum Gasteiger partial charge on any atom is -0.507 e. The third-order valence-electron chi connectivity index (χ3n) is 6.07. The minimum absolute atomic E-state index is 0.370. The van der Waals surface area contributed by atoms with Gasteiger partial charge in [0.2, 0.25) is 0 Å². The number of aromatic hydroxyl groups is 2. The summed E-state index contributed by atoms with van der Waals surface area (Å²) in [5, 5.41) is 20.0. The highest BCUT2D eigenvalue weighted by molar-refractivity contribution is 5.52. The first-order valence-corrected chi connectivity index (χ1v) is 11.1. The van der Waals surface area contributed by atoms with Crippen LogP contribution in [0.3, 0.4) is 0 Å². The molecule has 166 valence electrons. The molecule has 0 aliphatic carbocycles. The predicted octanol–water partition coefficient (Wildman–Crippen LogP) is 6.75. The van der Waals surface area contributed by atoms with Gasteiger partial charge in [0.25, 0.3) is 0 Å². The van der Waals surface area contributed by atoms with Crippen molar-refractivity contribution in [3.63, 3.8) is 0 Å². The van der Waals surface area contributed by atoms with E-state index < -0.39 is 0 Å². The second-order valence-electron chi connectivity index (χ2n) is 8.40. The van der Waals surface area contributed by atoms with E-state index in [2.05, 4.69) is 0 Å². The summed E-state index contributed by atoms with van der Waals surface area (Å²) >= 11 is 0. The van der Waals surface area contributed by atoms with E-state index in [1.54, 1.807) is 0 Å². The smallest absolute Gasteiger partial charge is 0.122 e. The monoisotopic (exact) mass is 414 g/mol. The van der Waals surface area contributed by atoms with Crippen molar-refractivity contribution in [3.8, 4) is 23.0 Å². The van der Waals surface area contributed by atoms with Crippen LogP contribution in [0.1, 0.15) is 71.9 Å². The van der Waals surface area contributed by atoms with Gasteiger partial charge in [0, 0.05) is 0 Å². The van der Waals surface area contributed by atoms with E-state index >= 15 is 0 Å². The van der Waals surface area contributed by atoms with Crippen LogP contribution in [0.2, 0.25) is 0 Å². The van der Waals surface area contributed by atoms with E-state index in [9.17, 15) is 10.2 Å². The van der Waals surface area contributed by atoms with Gasteiger partial charge in [-0.05, 0) is 99.9 Å². The van der Waals surface area contributed by atoms with Crippen molar-refractivity contribution in [2.45, 2.75) is 80.1 Å². The van der Waals surface area contributed by atoms with Crippen molar-refractivity contribution >= 4 is 0 Å². The Morgan fingerprint density at radius 2 is 0.867 bits per heavy atom. The molecule has 2 aromatic rings. The standard InChI is InChI=1S/C26H38O4/c1-17-15-23(19(3)21(5)25(17)27)29-13-11-9-7-8-10-12-14-30-24-16-18(2)26(28)22(6)20(24)4/h15-16,27-28H,7-14H2,1-6H3. The maximum Gasteiger partial charge on any atom is 0.122 e. The highest BCUT2D eigenvalue weighted by Gasteiger charge is 2.11. The van der Waals surface area contributed by atoms with Crippen LogP contribution in [0.5, 0.6) is 23.0 Å². The third-order valence-corrected chi connectivity index (χ3v) is 6.07. The molecular weight excluding hydrogens is 376 g/mol. The first-order chi connectivity index (χ1) is 14.2. The lowest BCUT2D eigenvalue weighted by Crippen LogP contribution is -2.01. The van der Waals surface area contributed by atoms with Gasteiger partial charge in [-0.2, -0.15) is 0 Å². The Kier molecular flexibility index (Phi) is 8.88. The van der Waals surface area contributed by atoms with Crippen LogP contribution in [-0.4, -0.2) is 23.4 Å². The van der Waals surface area contributed by atoms with Crippen molar-refractivity contribution in [2.24, 2.45) is 0 Å². The van der Waals surface area contributed by atoms with Crippen molar-refractivity contribution in [3.05, 3.63) is 45.5 Å². The molecule has 0 amide bonds. The van der Waals surface area contributed by atoms with Crippen LogP contribution in [0.25, 0.3) is 0 Å². The molecule has 0 fully saturated rings. The van der Waals surface area contributed by atoms with Crippen LogP contribution in [0, 0.1) is 41.5 Å². The van der Waals surface area contributed by atoms with Crippen LogP contribution >= 0.6 is 0 Å². The van der Waals surface area contributed by atoms with Gasteiger partial charge < -0.3 is 19.7 Å². The Morgan fingerprint density at radius 3 is 1.23 bits per heavy atom. The number of phenols is 2. The molecule has 0 bridgehead atoms. The topological polar surface area (TPSA) is 58.9 Å². The van der Waals surface area contributed by atoms with Crippen LogP contribution in [0.15, 0.2) is 12.1 Å². The third kappa shape index (κ3) is 6.07. The van der Waals surface area contributed by atoms with E-state index in [0.29, 0.717) is 24.7 Å². The molecule has 0 spiro atoms. The van der Waals surface area contributed by atoms with Crippen molar-refractivity contribution in [1.29, 1.82) is 0 Å². The maximum absolute atomic E-state index is 9.98. The molecule has 2 aromatic carbocycles. The average molecular weight is 415 g/mol. The largest absolute Gasteiger partial charge is 0.507 e. The molecule has 2 rings (SSSR count). The summed E-state index contributed by atoms with van der Waals surface area (Å²) in [6.45, 7) is 13.1. The fourth-order valence-corrected chi connectivity index (χ4v) is 3.64. The molecule has 4 nitrogen and oxygen atoms in total. The van der Waals surface area contributed by atoms with Crippen LogP contribution in [-0.2, 0) is 0 Å². The van der Waals surface area contributed by atoms with Crippen LogP contribution < -0.4 is 9.47 Å². The van der Waals surface area contributed by atoms with E-state index in [1.165, 1.54) is 12.8 Å². The normalized spacial score (nSPS) is 11.0. The molecule has 0 aromatic heterocycles. The van der Waals surface area contributed by atoms with Crippen molar-refractivity contribution in [1.82, 2.24) is 0 Å². The summed E-state index contributed by atoms with van der Waals surface area (Å²) in [6, 6.07) is 3.85. The molecule has 0 atom stereocenters. The number of ether oxygens (including phenoxy) is 2. The maximum atomic E-state index is 9.98. The molecule has 4 heteroatoms. The van der Waals surface area contributed by atoms with Gasteiger partial charge in [0.1, 0.15) is 23.0 Å². The fraction of sp³-hybridized carbons (Fsp3) is 0.538. The van der Waals surface area contributed by atoms with Gasteiger partial charge in [-0.15, -0.1) is 0 Å². The zero-order valence-electron chi connectivity index (χ0n) is 19.5. The van der Waals surface area contributed by atoms with Crippen LogP contribution in [0.4, 0.5) is 0 Å². The first kappa shape index (κ1) is 23.9. The van der Waals surface area contributed by atoms with E-state index in [4.69, 9.17) is 9.47 Å². The predicted molar refractivity (Wildman–Crippen MR) is 123 cm³/mol. The summed E-state index contributed by atoms with van der Waals surface area (Å²) in [4.78, 5) is 0. The summed E-state index contributed by atoms with van der Waals surface area (Å²) in [5.41, 5.74) is 5.58. The Morgan fingerprint density at radius 1 is 0.533 bits per heavy atom. The van der Waals surface area contributed by atoms with Gasteiger partial charge in [0.05, 0.1) is 13.2 Å². The molecule has 0 heterocycles. The molecule has 0 saturated heterocycles. The van der Waals surface area contributed by atoms with E-state index in [0.717, 1.165) is 70.6 Å². The van der Waals surface area contributed by atoms with Gasteiger partial charge in [0.15, 0.2) is 0 Å². The summed E-state index contributed by atoms with van der Waals surface area (Å²) in [5.74, 6) is 2.51. The van der Waals surface area contributed by atoms with Gasteiger partial charge in [-0.25, -0.2) is 0 Å². The first-order valence-electron chi connectivity index (χ1n) is 11.1. The molecule has 2 N–H and O–H groups in total. The Labute approximate surface area is 181 Å². The van der Waals surface area contributed by atoms with E-state index in [1.807, 2.05) is 53.7 Å². The Hall–Kier alpha value is -2.36. The highest BCUT2D eigenvalue weighted by Crippen LogP contribution is 2.33. The lowest BCUT2D eigenvalue weighted by Gasteiger charge is -2.14. The summed E-state index contributed by atoms with van der Waals surface area (Å²) in [6.07, 6.45) is 6.80. The van der Waals surface area contributed by atoms with Crippen molar-refractivity contribution < 1.29 is 19.7 Å². The lowest BCUT2D eigenvalue weighted by molar-refractivity contribution is 0.294. The SMILES string of the molecule is Cc1cc(OCCCCCCCCOc2cc(C)c(O)c(C)c2C)c(C)c(C)c1O. The quantitative estimate of drug-likeness (QED) is 0.399. The number of phenolic OH excluding ortho intramolecular Hbond substituents is 2. The second-order valence-corrected chi connectivity index (χ2v) is 8.40. The molecule has 0 radical (unpaired) electrons. The number of hydrogen-bond donors (Lipinski definition) is 2. The van der Waals surface area contributed by atoms with E-state index in [-0.39, 0.29) is 0 Å². The second kappa shape index (κ2) is 11.1. The van der Waals surface area contributed by atoms with Gasteiger partial charge in [-0.1, -0.05) is 25.7 Å². The average Bonchev–Trinajstić information content (AvgIpc) is 2.73. The molecule has 0 unspecified atom stereocenters. The zero-order chi connectivity index (χ0) is 22.3. The summed E-state index contributed by atoms with van der Waals surface area (Å²) < 4.78 is 11.9. The highest BCUT2D eigenvalue weighted by atomic mass is 16.5. The number of benzene rings is 2. The number of unbranched alkanes of at least 4 members (excludes halogenated alkanes) is 5. The Balaban J connectivity index is 1.58. The Bertz CT molecular complexity index is 784. The van der Waals surface area contributed by atoms with Crippen molar-refractivity contribution in [2.75, 3.05) is 13.2 Å².